The van der Waals surface area contributed by atoms with E-state index in [1.807, 2.05) is 63.2 Å². The van der Waals surface area contributed by atoms with Crippen molar-refractivity contribution in [3.8, 4) is 5.75 Å². The van der Waals surface area contributed by atoms with E-state index in [0.717, 1.165) is 33.3 Å². The summed E-state index contributed by atoms with van der Waals surface area (Å²) in [6.45, 7) is 5.81. The second-order valence-electron chi connectivity index (χ2n) is 6.86. The zero-order chi connectivity index (χ0) is 19.6. The number of benzene rings is 2. The van der Waals surface area contributed by atoms with Crippen LogP contribution >= 0.6 is 0 Å². The van der Waals surface area contributed by atoms with E-state index < -0.39 is 0 Å². The van der Waals surface area contributed by atoms with Crippen molar-refractivity contribution in [2.75, 3.05) is 7.11 Å². The quantitative estimate of drug-likeness (QED) is 0.727. The van der Waals surface area contributed by atoms with Crippen molar-refractivity contribution in [3.05, 3.63) is 75.2 Å². The van der Waals surface area contributed by atoms with Crippen LogP contribution in [0, 0.1) is 13.8 Å². The fraction of sp³-hybridized carbons (Fsp3) is 0.273. The summed E-state index contributed by atoms with van der Waals surface area (Å²) in [6, 6.07) is 13.7. The van der Waals surface area contributed by atoms with Gasteiger partial charge in [-0.05, 0) is 60.9 Å². The first-order valence-electron chi connectivity index (χ1n) is 8.94. The van der Waals surface area contributed by atoms with Gasteiger partial charge >= 0.3 is 0 Å². The lowest BCUT2D eigenvalue weighted by molar-refractivity contribution is -0.122. The second kappa shape index (κ2) is 7.66. The molecule has 3 rings (SSSR count). The molecule has 0 aliphatic carbocycles. The summed E-state index contributed by atoms with van der Waals surface area (Å²) in [5.74, 6) is 0.378. The molecule has 0 saturated carbocycles. The summed E-state index contributed by atoms with van der Waals surface area (Å²) >= 11 is 0. The van der Waals surface area contributed by atoms with Crippen LogP contribution in [0.5, 0.6) is 5.75 Å². The van der Waals surface area contributed by atoms with Crippen molar-refractivity contribution in [3.63, 3.8) is 0 Å². The molecule has 0 radical (unpaired) electrons. The number of pyridine rings is 1. The number of carbonyl (C=O) groups excluding carboxylic acids is 1. The largest absolute Gasteiger partial charge is 0.497 e. The summed E-state index contributed by atoms with van der Waals surface area (Å²) in [4.78, 5) is 27.5. The third kappa shape index (κ3) is 4.03. The Bertz CT molecular complexity index is 1050. The lowest BCUT2D eigenvalue weighted by Gasteiger charge is -2.14. The number of methoxy groups -OCH3 is 1. The van der Waals surface area contributed by atoms with E-state index in [9.17, 15) is 9.59 Å². The fourth-order valence-electron chi connectivity index (χ4n) is 3.22. The van der Waals surface area contributed by atoms with Gasteiger partial charge in [0.25, 0.3) is 5.56 Å². The summed E-state index contributed by atoms with van der Waals surface area (Å²) in [5, 5.41) is 5.00. The number of aromatic nitrogens is 1. The van der Waals surface area contributed by atoms with Gasteiger partial charge < -0.3 is 15.0 Å². The first-order chi connectivity index (χ1) is 12.9. The highest BCUT2D eigenvalue weighted by atomic mass is 16.5. The highest BCUT2D eigenvalue weighted by Crippen LogP contribution is 2.25. The van der Waals surface area contributed by atoms with Crippen LogP contribution in [0.2, 0.25) is 0 Å². The second-order valence-corrected chi connectivity index (χ2v) is 6.86. The molecule has 1 atom stereocenters. The van der Waals surface area contributed by atoms with Crippen LogP contribution in [-0.4, -0.2) is 18.0 Å². The average molecular weight is 364 g/mol. The van der Waals surface area contributed by atoms with Gasteiger partial charge in [-0.1, -0.05) is 24.3 Å². The number of hydrogen-bond donors (Lipinski definition) is 2. The van der Waals surface area contributed by atoms with Crippen molar-refractivity contribution >= 4 is 16.7 Å². The third-order valence-electron chi connectivity index (χ3n) is 4.90. The predicted molar refractivity (Wildman–Crippen MR) is 107 cm³/mol. The van der Waals surface area contributed by atoms with Gasteiger partial charge in [-0.25, -0.2) is 0 Å². The highest BCUT2D eigenvalue weighted by molar-refractivity contribution is 5.88. The lowest BCUT2D eigenvalue weighted by Crippen LogP contribution is -2.30. The molecule has 0 fully saturated rings. The zero-order valence-corrected chi connectivity index (χ0v) is 16.1. The minimum atomic E-state index is -0.318. The van der Waals surface area contributed by atoms with Crippen LogP contribution in [0.1, 0.15) is 35.2 Å². The Morgan fingerprint density at radius 2 is 1.81 bits per heavy atom. The van der Waals surface area contributed by atoms with Crippen molar-refractivity contribution in [2.24, 2.45) is 0 Å². The molecule has 1 heterocycles. The number of nitrogens with one attached hydrogen (secondary N) is 2. The highest BCUT2D eigenvalue weighted by Gasteiger charge is 2.16. The molecule has 2 aromatic carbocycles. The first kappa shape index (κ1) is 18.7. The zero-order valence-electron chi connectivity index (χ0n) is 16.1. The van der Waals surface area contributed by atoms with E-state index in [-0.39, 0.29) is 23.9 Å². The number of H-pyrrole nitrogens is 1. The van der Waals surface area contributed by atoms with Crippen LogP contribution in [0.4, 0.5) is 0 Å². The molecular formula is C22H24N2O3. The maximum Gasteiger partial charge on any atom is 0.253 e. The Morgan fingerprint density at radius 3 is 2.52 bits per heavy atom. The van der Waals surface area contributed by atoms with E-state index >= 15 is 0 Å². The molecule has 140 valence electrons. The number of aryl methyl sites for hydroxylation is 2. The Labute approximate surface area is 158 Å². The summed E-state index contributed by atoms with van der Waals surface area (Å²) in [6.07, 6.45) is 0. The smallest absolute Gasteiger partial charge is 0.253 e. The predicted octanol–water partition coefficient (Wildman–Crippen LogP) is 3.57. The van der Waals surface area contributed by atoms with Crippen molar-refractivity contribution < 1.29 is 9.53 Å². The minimum absolute atomic E-state index is 0.109. The standard InChI is InChI=1S/C22H24N2O3/c1-13-9-14(2)24-22(26)20(13)12-23-21(25)15(3)16-5-6-18-11-19(27-4)8-7-17(18)10-16/h5-11,15H,12H2,1-4H3,(H,23,25)(H,24,26)/t15-/m1/s1. The number of carbonyl (C=O) groups is 1. The van der Waals surface area contributed by atoms with Crippen LogP contribution in [-0.2, 0) is 11.3 Å². The summed E-state index contributed by atoms with van der Waals surface area (Å²) in [5.41, 5.74) is 3.06. The lowest BCUT2D eigenvalue weighted by atomic mass is 9.97. The molecular weight excluding hydrogens is 340 g/mol. The molecule has 0 unspecified atom stereocenters. The van der Waals surface area contributed by atoms with Crippen molar-refractivity contribution in [1.29, 1.82) is 0 Å². The van der Waals surface area contributed by atoms with Gasteiger partial charge in [0, 0.05) is 17.8 Å². The van der Waals surface area contributed by atoms with Gasteiger partial charge in [-0.15, -0.1) is 0 Å². The maximum absolute atomic E-state index is 12.6. The molecule has 0 aliphatic heterocycles. The van der Waals surface area contributed by atoms with Crippen molar-refractivity contribution in [2.45, 2.75) is 33.2 Å². The average Bonchev–Trinajstić information content (AvgIpc) is 2.65. The number of rotatable bonds is 5. The Morgan fingerprint density at radius 1 is 1.11 bits per heavy atom. The number of ether oxygens (including phenoxy) is 1. The Balaban J connectivity index is 1.75. The van der Waals surface area contributed by atoms with Crippen LogP contribution in [0.15, 0.2) is 47.3 Å². The van der Waals surface area contributed by atoms with Gasteiger partial charge in [0.15, 0.2) is 0 Å². The van der Waals surface area contributed by atoms with E-state index in [1.54, 1.807) is 7.11 Å². The van der Waals surface area contributed by atoms with Gasteiger partial charge in [0.2, 0.25) is 5.91 Å². The fourth-order valence-corrected chi connectivity index (χ4v) is 3.22. The molecule has 5 heteroatoms. The van der Waals surface area contributed by atoms with Gasteiger partial charge in [0.05, 0.1) is 13.0 Å². The van der Waals surface area contributed by atoms with E-state index in [2.05, 4.69) is 10.3 Å². The van der Waals surface area contributed by atoms with Gasteiger partial charge in [-0.2, -0.15) is 0 Å². The maximum atomic E-state index is 12.6. The molecule has 5 nitrogen and oxygen atoms in total. The number of amides is 1. The molecule has 1 aromatic heterocycles. The van der Waals surface area contributed by atoms with Crippen LogP contribution in [0.25, 0.3) is 10.8 Å². The Kier molecular flexibility index (Phi) is 5.31. The number of hydrogen-bond acceptors (Lipinski definition) is 3. The van der Waals surface area contributed by atoms with Crippen LogP contribution < -0.4 is 15.6 Å². The normalized spacial score (nSPS) is 12.0. The SMILES string of the molecule is COc1ccc2cc([C@@H](C)C(=O)NCc3c(C)cc(C)[nH]c3=O)ccc2c1. The summed E-state index contributed by atoms with van der Waals surface area (Å²) in [7, 11) is 1.64. The molecule has 0 spiro atoms. The minimum Gasteiger partial charge on any atom is -0.497 e. The summed E-state index contributed by atoms with van der Waals surface area (Å²) < 4.78 is 5.25. The van der Waals surface area contributed by atoms with Gasteiger partial charge in [0.1, 0.15) is 5.75 Å². The van der Waals surface area contributed by atoms with Crippen LogP contribution in [0.3, 0.4) is 0 Å². The van der Waals surface area contributed by atoms with Crippen molar-refractivity contribution in [1.82, 2.24) is 10.3 Å². The first-order valence-corrected chi connectivity index (χ1v) is 8.94. The number of fused-ring (bicyclic) bond motifs is 1. The monoisotopic (exact) mass is 364 g/mol. The van der Waals surface area contributed by atoms with E-state index in [0.29, 0.717) is 5.56 Å². The van der Waals surface area contributed by atoms with Gasteiger partial charge in [-0.3, -0.25) is 9.59 Å². The molecule has 0 saturated heterocycles. The van der Waals surface area contributed by atoms with E-state index in [1.165, 1.54) is 0 Å². The topological polar surface area (TPSA) is 71.2 Å². The third-order valence-corrected chi connectivity index (χ3v) is 4.90. The molecule has 27 heavy (non-hydrogen) atoms. The number of aromatic amines is 1. The molecule has 3 aromatic rings. The molecule has 0 aliphatic rings. The molecule has 0 bridgehead atoms. The molecule has 1 amide bonds. The Hall–Kier alpha value is -3.08. The molecule has 2 N–H and O–H groups in total. The van der Waals surface area contributed by atoms with E-state index in [4.69, 9.17) is 4.74 Å².